The molecule has 5 heteroatoms. The molecule has 2 N–H and O–H groups in total. The van der Waals surface area contributed by atoms with Crippen molar-refractivity contribution in [2.45, 2.75) is 12.8 Å². The minimum atomic E-state index is 0.118. The summed E-state index contributed by atoms with van der Waals surface area (Å²) in [7, 11) is 0. The van der Waals surface area contributed by atoms with Crippen LogP contribution in [0.3, 0.4) is 0 Å². The van der Waals surface area contributed by atoms with Crippen molar-refractivity contribution in [3.05, 3.63) is 35.5 Å². The lowest BCUT2D eigenvalue weighted by molar-refractivity contribution is 0.418. The van der Waals surface area contributed by atoms with Crippen LogP contribution in [0.4, 0.5) is 0 Å². The van der Waals surface area contributed by atoms with E-state index in [1.165, 1.54) is 4.70 Å². The molecule has 0 bridgehead atoms. The van der Waals surface area contributed by atoms with Crippen molar-refractivity contribution >= 4 is 21.4 Å². The number of aromatic nitrogens is 2. The zero-order valence-electron chi connectivity index (χ0n) is 9.96. The third kappa shape index (κ3) is 1.81. The van der Waals surface area contributed by atoms with E-state index in [4.69, 9.17) is 10.3 Å². The third-order valence-corrected chi connectivity index (χ3v) is 3.91. The lowest BCUT2D eigenvalue weighted by atomic mass is 10.1. The van der Waals surface area contributed by atoms with E-state index in [2.05, 4.69) is 27.7 Å². The van der Waals surface area contributed by atoms with Gasteiger partial charge in [0.2, 0.25) is 0 Å². The van der Waals surface area contributed by atoms with Gasteiger partial charge in [-0.3, -0.25) is 0 Å². The molecule has 0 aliphatic rings. The van der Waals surface area contributed by atoms with E-state index in [9.17, 15) is 0 Å². The summed E-state index contributed by atoms with van der Waals surface area (Å²) in [6.45, 7) is 2.50. The number of nitrogens with two attached hydrogens (primary N) is 1. The first-order valence-electron chi connectivity index (χ1n) is 5.80. The van der Waals surface area contributed by atoms with E-state index < -0.39 is 0 Å². The number of hydrogen-bond donors (Lipinski definition) is 1. The predicted molar refractivity (Wildman–Crippen MR) is 72.6 cm³/mol. The van der Waals surface area contributed by atoms with Crippen molar-refractivity contribution in [2.75, 3.05) is 6.54 Å². The average Bonchev–Trinajstić information content (AvgIpc) is 3.03. The molecule has 18 heavy (non-hydrogen) atoms. The summed E-state index contributed by atoms with van der Waals surface area (Å²) in [5.41, 5.74) is 6.60. The molecule has 0 saturated carbocycles. The van der Waals surface area contributed by atoms with Crippen LogP contribution in [0.15, 0.2) is 34.2 Å². The van der Waals surface area contributed by atoms with Crippen LogP contribution in [-0.4, -0.2) is 16.7 Å². The van der Waals surface area contributed by atoms with Gasteiger partial charge in [0.05, 0.1) is 5.56 Å². The number of thiophene rings is 1. The van der Waals surface area contributed by atoms with Crippen LogP contribution in [0.5, 0.6) is 0 Å². The van der Waals surface area contributed by atoms with Gasteiger partial charge in [0, 0.05) is 27.9 Å². The highest BCUT2D eigenvalue weighted by Gasteiger charge is 2.16. The van der Waals surface area contributed by atoms with Crippen LogP contribution in [0.25, 0.3) is 21.5 Å². The van der Waals surface area contributed by atoms with Crippen LogP contribution < -0.4 is 5.73 Å². The van der Waals surface area contributed by atoms with Crippen LogP contribution in [-0.2, 0) is 0 Å². The first kappa shape index (κ1) is 11.4. The van der Waals surface area contributed by atoms with Gasteiger partial charge in [0.25, 0.3) is 5.89 Å². The molecule has 92 valence electrons. The Balaban J connectivity index is 2.07. The zero-order chi connectivity index (χ0) is 12.5. The van der Waals surface area contributed by atoms with Gasteiger partial charge in [-0.1, -0.05) is 30.3 Å². The second-order valence-electron chi connectivity index (χ2n) is 4.24. The Morgan fingerprint density at radius 3 is 3.06 bits per heavy atom. The van der Waals surface area contributed by atoms with Gasteiger partial charge in [-0.25, -0.2) is 0 Å². The second kappa shape index (κ2) is 4.51. The summed E-state index contributed by atoms with van der Waals surface area (Å²) < 4.78 is 6.55. The first-order chi connectivity index (χ1) is 8.79. The standard InChI is InChI=1S/C13H13N3OS/c1-8(6-14)12-15-13(17-16-12)10-7-18-11-5-3-2-4-9(10)11/h2-5,7-8H,6,14H2,1H3. The fraction of sp³-hybridized carbons (Fsp3) is 0.231. The molecule has 0 aliphatic carbocycles. The lowest BCUT2D eigenvalue weighted by Gasteiger charge is -1.98. The molecular weight excluding hydrogens is 246 g/mol. The van der Waals surface area contributed by atoms with Gasteiger partial charge >= 0.3 is 0 Å². The van der Waals surface area contributed by atoms with Crippen LogP contribution in [0.2, 0.25) is 0 Å². The number of fused-ring (bicyclic) bond motifs is 1. The maximum atomic E-state index is 5.60. The van der Waals surface area contributed by atoms with E-state index >= 15 is 0 Å². The number of hydrogen-bond acceptors (Lipinski definition) is 5. The predicted octanol–water partition coefficient (Wildman–Crippen LogP) is 3.01. The quantitative estimate of drug-likeness (QED) is 0.785. The maximum Gasteiger partial charge on any atom is 0.259 e. The third-order valence-electron chi connectivity index (χ3n) is 2.95. The van der Waals surface area contributed by atoms with Crippen molar-refractivity contribution < 1.29 is 4.52 Å². The maximum absolute atomic E-state index is 5.60. The van der Waals surface area contributed by atoms with Crippen molar-refractivity contribution in [2.24, 2.45) is 5.73 Å². The molecule has 0 aliphatic heterocycles. The highest BCUT2D eigenvalue weighted by Crippen LogP contribution is 2.33. The average molecular weight is 259 g/mol. The molecule has 1 atom stereocenters. The van der Waals surface area contributed by atoms with Gasteiger partial charge in [-0.15, -0.1) is 11.3 Å². The molecule has 3 aromatic rings. The SMILES string of the molecule is CC(CN)c1noc(-c2csc3ccccc23)n1. The Morgan fingerprint density at radius 1 is 1.39 bits per heavy atom. The molecule has 1 aromatic carbocycles. The van der Waals surface area contributed by atoms with Gasteiger partial charge < -0.3 is 10.3 Å². The van der Waals surface area contributed by atoms with Gasteiger partial charge in [0.15, 0.2) is 5.82 Å². The minimum absolute atomic E-state index is 0.118. The summed E-state index contributed by atoms with van der Waals surface area (Å²) >= 11 is 1.68. The smallest absolute Gasteiger partial charge is 0.259 e. The van der Waals surface area contributed by atoms with Gasteiger partial charge in [0.1, 0.15) is 0 Å². The first-order valence-corrected chi connectivity index (χ1v) is 6.68. The van der Waals surface area contributed by atoms with E-state index in [0.29, 0.717) is 18.3 Å². The van der Waals surface area contributed by atoms with Crippen molar-refractivity contribution in [1.29, 1.82) is 0 Å². The summed E-state index contributed by atoms with van der Waals surface area (Å²) in [6, 6.07) is 8.19. The molecule has 0 amide bonds. The Bertz CT molecular complexity index is 673. The molecule has 0 saturated heterocycles. The Hall–Kier alpha value is -1.72. The molecule has 4 nitrogen and oxygen atoms in total. The van der Waals surface area contributed by atoms with E-state index in [1.54, 1.807) is 11.3 Å². The minimum Gasteiger partial charge on any atom is -0.334 e. The normalized spacial score (nSPS) is 13.0. The van der Waals surface area contributed by atoms with E-state index in [1.807, 2.05) is 19.1 Å². The largest absolute Gasteiger partial charge is 0.334 e. The Kier molecular flexibility index (Phi) is 2.85. The molecule has 0 radical (unpaired) electrons. The molecule has 0 fully saturated rings. The number of nitrogens with zero attached hydrogens (tertiary/aromatic N) is 2. The van der Waals surface area contributed by atoms with E-state index in [0.717, 1.165) is 10.9 Å². The van der Waals surface area contributed by atoms with Crippen molar-refractivity contribution in [3.8, 4) is 11.5 Å². The summed E-state index contributed by atoms with van der Waals surface area (Å²) in [5, 5.41) is 7.19. The summed E-state index contributed by atoms with van der Waals surface area (Å²) in [4.78, 5) is 4.42. The van der Waals surface area contributed by atoms with E-state index in [-0.39, 0.29) is 5.92 Å². The highest BCUT2D eigenvalue weighted by atomic mass is 32.1. The fourth-order valence-corrected chi connectivity index (χ4v) is 2.73. The van der Waals surface area contributed by atoms with Crippen molar-refractivity contribution in [1.82, 2.24) is 10.1 Å². The molecule has 2 heterocycles. The monoisotopic (exact) mass is 259 g/mol. The van der Waals surface area contributed by atoms with Gasteiger partial charge in [-0.05, 0) is 6.07 Å². The molecule has 2 aromatic heterocycles. The topological polar surface area (TPSA) is 64.9 Å². The second-order valence-corrected chi connectivity index (χ2v) is 5.15. The van der Waals surface area contributed by atoms with Crippen LogP contribution in [0.1, 0.15) is 18.7 Å². The Morgan fingerprint density at radius 2 is 2.22 bits per heavy atom. The molecular formula is C13H13N3OS. The molecule has 0 spiro atoms. The summed E-state index contributed by atoms with van der Waals surface area (Å²) in [5.74, 6) is 1.36. The number of benzene rings is 1. The fourth-order valence-electron chi connectivity index (χ4n) is 1.79. The van der Waals surface area contributed by atoms with Crippen LogP contribution in [0, 0.1) is 0 Å². The van der Waals surface area contributed by atoms with Crippen LogP contribution >= 0.6 is 11.3 Å². The summed E-state index contributed by atoms with van der Waals surface area (Å²) in [6.07, 6.45) is 0. The number of rotatable bonds is 3. The van der Waals surface area contributed by atoms with Crippen molar-refractivity contribution in [3.63, 3.8) is 0 Å². The highest BCUT2D eigenvalue weighted by molar-refractivity contribution is 7.17. The van der Waals surface area contributed by atoms with Gasteiger partial charge in [-0.2, -0.15) is 4.98 Å². The Labute approximate surface area is 108 Å². The zero-order valence-corrected chi connectivity index (χ0v) is 10.8. The molecule has 1 unspecified atom stereocenters. The molecule has 3 rings (SSSR count). The lowest BCUT2D eigenvalue weighted by Crippen LogP contribution is -2.10.